The van der Waals surface area contributed by atoms with Crippen LogP contribution in [0.2, 0.25) is 5.02 Å². The first-order chi connectivity index (χ1) is 14.6. The molecule has 0 unspecified atom stereocenters. The van der Waals surface area contributed by atoms with Gasteiger partial charge in [0.1, 0.15) is 5.75 Å². The normalized spacial score (nSPS) is 11.1. The van der Waals surface area contributed by atoms with Crippen LogP contribution in [0.1, 0.15) is 47.1 Å². The van der Waals surface area contributed by atoms with E-state index in [-0.39, 0.29) is 16.7 Å². The van der Waals surface area contributed by atoms with E-state index in [1.165, 1.54) is 12.1 Å². The van der Waals surface area contributed by atoms with Gasteiger partial charge in [-0.25, -0.2) is 4.79 Å². The van der Waals surface area contributed by atoms with Crippen LogP contribution in [0.25, 0.3) is 11.1 Å². The lowest BCUT2D eigenvalue weighted by atomic mass is 9.86. The zero-order valence-electron chi connectivity index (χ0n) is 17.8. The van der Waals surface area contributed by atoms with Gasteiger partial charge < -0.3 is 15.2 Å². The molecular weight excluding hydrogens is 414 g/mol. The Kier molecular flexibility index (Phi) is 6.37. The molecule has 0 radical (unpaired) electrons. The lowest BCUT2D eigenvalue weighted by Gasteiger charge is -2.19. The summed E-state index contributed by atoms with van der Waals surface area (Å²) in [7, 11) is 1.57. The Hall–Kier alpha value is -3.31. The van der Waals surface area contributed by atoms with Gasteiger partial charge in [0.05, 0.1) is 23.4 Å². The number of amides is 1. The van der Waals surface area contributed by atoms with E-state index < -0.39 is 11.9 Å². The van der Waals surface area contributed by atoms with Gasteiger partial charge in [-0.1, -0.05) is 56.6 Å². The zero-order chi connectivity index (χ0) is 22.8. The van der Waals surface area contributed by atoms with Crippen LogP contribution in [0.15, 0.2) is 60.7 Å². The molecule has 0 aromatic heterocycles. The van der Waals surface area contributed by atoms with E-state index in [1.807, 2.05) is 12.1 Å². The van der Waals surface area contributed by atoms with Crippen LogP contribution < -0.4 is 10.1 Å². The second-order valence-corrected chi connectivity index (χ2v) is 8.60. The number of carbonyl (C=O) groups is 2. The van der Waals surface area contributed by atoms with E-state index in [9.17, 15) is 14.7 Å². The van der Waals surface area contributed by atoms with E-state index in [1.54, 1.807) is 43.5 Å². The molecule has 0 aliphatic carbocycles. The molecule has 5 nitrogen and oxygen atoms in total. The predicted octanol–water partition coefficient (Wildman–Crippen LogP) is 6.26. The fourth-order valence-electron chi connectivity index (χ4n) is 3.16. The maximum absolute atomic E-state index is 12.7. The van der Waals surface area contributed by atoms with E-state index in [4.69, 9.17) is 16.3 Å². The lowest BCUT2D eigenvalue weighted by Crippen LogP contribution is -2.16. The summed E-state index contributed by atoms with van der Waals surface area (Å²) in [6, 6.07) is 17.3. The third-order valence-corrected chi connectivity index (χ3v) is 5.31. The van der Waals surface area contributed by atoms with Crippen LogP contribution >= 0.6 is 11.6 Å². The maximum Gasteiger partial charge on any atom is 0.337 e. The highest BCUT2D eigenvalue weighted by Crippen LogP contribution is 2.34. The molecule has 2 N–H and O–H groups in total. The second kappa shape index (κ2) is 8.82. The number of carboxylic acid groups (broad SMARTS) is 1. The van der Waals surface area contributed by atoms with Crippen molar-refractivity contribution in [3.8, 4) is 16.9 Å². The number of carbonyl (C=O) groups excluding carboxylic acids is 1. The minimum atomic E-state index is -1.16. The Morgan fingerprint density at radius 1 is 0.968 bits per heavy atom. The highest BCUT2D eigenvalue weighted by atomic mass is 35.5. The Bertz CT molecular complexity index is 1110. The van der Waals surface area contributed by atoms with Gasteiger partial charge in [-0.15, -0.1) is 0 Å². The van der Waals surface area contributed by atoms with Gasteiger partial charge >= 0.3 is 5.97 Å². The largest absolute Gasteiger partial charge is 0.497 e. The Morgan fingerprint density at radius 2 is 1.58 bits per heavy atom. The van der Waals surface area contributed by atoms with Gasteiger partial charge in [0.15, 0.2) is 0 Å². The summed E-state index contributed by atoms with van der Waals surface area (Å²) in [5.41, 5.74) is 2.88. The molecule has 31 heavy (non-hydrogen) atoms. The average Bonchev–Trinajstić information content (AvgIpc) is 2.73. The molecule has 0 fully saturated rings. The molecule has 0 saturated heterocycles. The fraction of sp³-hybridized carbons (Fsp3) is 0.200. The van der Waals surface area contributed by atoms with Gasteiger partial charge in [-0.3, -0.25) is 4.79 Å². The van der Waals surface area contributed by atoms with Crippen LogP contribution in [-0.4, -0.2) is 24.1 Å². The number of carboxylic acids is 1. The topological polar surface area (TPSA) is 75.6 Å². The van der Waals surface area contributed by atoms with Crippen molar-refractivity contribution in [3.63, 3.8) is 0 Å². The van der Waals surface area contributed by atoms with E-state index in [2.05, 4.69) is 26.1 Å². The summed E-state index contributed by atoms with van der Waals surface area (Å²) in [4.78, 5) is 24.6. The van der Waals surface area contributed by atoms with Crippen molar-refractivity contribution in [2.45, 2.75) is 26.2 Å². The molecule has 0 atom stereocenters. The molecule has 6 heteroatoms. The van der Waals surface area contributed by atoms with E-state index in [0.717, 1.165) is 11.1 Å². The second-order valence-electron chi connectivity index (χ2n) is 8.19. The van der Waals surface area contributed by atoms with Gasteiger partial charge in [-0.2, -0.15) is 0 Å². The third kappa shape index (κ3) is 5.06. The first-order valence-corrected chi connectivity index (χ1v) is 10.1. The van der Waals surface area contributed by atoms with Crippen molar-refractivity contribution in [1.82, 2.24) is 0 Å². The third-order valence-electron chi connectivity index (χ3n) is 5.00. The van der Waals surface area contributed by atoms with E-state index in [0.29, 0.717) is 21.9 Å². The highest BCUT2D eigenvalue weighted by molar-refractivity contribution is 6.34. The summed E-state index contributed by atoms with van der Waals surface area (Å²) >= 11 is 6.44. The number of halogens is 1. The SMILES string of the molecule is COc1ccc(-c2cc(C(=O)O)c(NC(=O)c3ccc(C(C)(C)C)cc3)cc2Cl)cc1. The Labute approximate surface area is 186 Å². The first kappa shape index (κ1) is 22.4. The monoisotopic (exact) mass is 437 g/mol. The first-order valence-electron chi connectivity index (χ1n) is 9.73. The molecule has 3 rings (SSSR count). The molecule has 0 heterocycles. The number of rotatable bonds is 5. The van der Waals surface area contributed by atoms with Gasteiger partial charge in [0.2, 0.25) is 0 Å². The predicted molar refractivity (Wildman–Crippen MR) is 123 cm³/mol. The van der Waals surface area contributed by atoms with Crippen molar-refractivity contribution in [2.24, 2.45) is 0 Å². The number of aromatic carboxylic acids is 1. The van der Waals surface area contributed by atoms with Crippen molar-refractivity contribution in [2.75, 3.05) is 12.4 Å². The summed E-state index contributed by atoms with van der Waals surface area (Å²) < 4.78 is 5.15. The van der Waals surface area contributed by atoms with E-state index >= 15 is 0 Å². The zero-order valence-corrected chi connectivity index (χ0v) is 18.6. The Balaban J connectivity index is 1.92. The average molecular weight is 438 g/mol. The summed E-state index contributed by atoms with van der Waals surface area (Å²) in [5.74, 6) is -0.888. The minimum Gasteiger partial charge on any atom is -0.497 e. The van der Waals surface area contributed by atoms with Crippen molar-refractivity contribution in [1.29, 1.82) is 0 Å². The number of benzene rings is 3. The van der Waals surface area contributed by atoms with Crippen molar-refractivity contribution in [3.05, 3.63) is 82.4 Å². The lowest BCUT2D eigenvalue weighted by molar-refractivity contribution is 0.0698. The summed E-state index contributed by atoms with van der Waals surface area (Å²) in [6.07, 6.45) is 0. The summed E-state index contributed by atoms with van der Waals surface area (Å²) in [5, 5.41) is 12.7. The number of hydrogen-bond acceptors (Lipinski definition) is 3. The molecule has 0 bridgehead atoms. The van der Waals surface area contributed by atoms with Crippen LogP contribution in [0.3, 0.4) is 0 Å². The van der Waals surface area contributed by atoms with Gasteiger partial charge in [0.25, 0.3) is 5.91 Å². The standard InChI is InChI=1S/C25H24ClNO4/c1-25(2,3)17-9-5-16(6-10-17)23(28)27-22-14-21(26)19(13-20(22)24(29)30)15-7-11-18(31-4)12-8-15/h5-14H,1-4H3,(H,27,28)(H,29,30). The van der Waals surface area contributed by atoms with Gasteiger partial charge in [0, 0.05) is 11.1 Å². The molecular formula is C25H24ClNO4. The molecule has 0 spiro atoms. The van der Waals surface area contributed by atoms with Crippen LogP contribution in [-0.2, 0) is 5.41 Å². The molecule has 3 aromatic rings. The molecule has 1 amide bonds. The summed E-state index contributed by atoms with van der Waals surface area (Å²) in [6.45, 7) is 6.27. The van der Waals surface area contributed by atoms with Crippen LogP contribution in [0.5, 0.6) is 5.75 Å². The molecule has 160 valence electrons. The highest BCUT2D eigenvalue weighted by Gasteiger charge is 2.19. The quantitative estimate of drug-likeness (QED) is 0.493. The van der Waals surface area contributed by atoms with Crippen LogP contribution in [0, 0.1) is 0 Å². The molecule has 0 saturated carbocycles. The number of methoxy groups -OCH3 is 1. The van der Waals surface area contributed by atoms with Crippen molar-refractivity contribution >= 4 is 29.2 Å². The van der Waals surface area contributed by atoms with Crippen LogP contribution in [0.4, 0.5) is 5.69 Å². The smallest absolute Gasteiger partial charge is 0.337 e. The van der Waals surface area contributed by atoms with Crippen molar-refractivity contribution < 1.29 is 19.4 Å². The molecule has 3 aromatic carbocycles. The number of ether oxygens (including phenoxy) is 1. The molecule has 0 aliphatic rings. The fourth-order valence-corrected chi connectivity index (χ4v) is 3.43. The number of anilines is 1. The maximum atomic E-state index is 12.7. The Morgan fingerprint density at radius 3 is 2.10 bits per heavy atom. The molecule has 0 aliphatic heterocycles. The minimum absolute atomic E-state index is 0.0315. The van der Waals surface area contributed by atoms with Gasteiger partial charge in [-0.05, 0) is 52.9 Å². The number of hydrogen-bond donors (Lipinski definition) is 2. The number of nitrogens with one attached hydrogen (secondary N) is 1.